The number of aliphatic carboxylic acids is 1. The van der Waals surface area contributed by atoms with E-state index < -0.39 is 11.9 Å². The molecule has 20 heavy (non-hydrogen) atoms. The van der Waals surface area contributed by atoms with Crippen molar-refractivity contribution in [3.8, 4) is 10.6 Å². The van der Waals surface area contributed by atoms with Crippen molar-refractivity contribution in [1.82, 2.24) is 4.98 Å². The number of nitrogens with zero attached hydrogens (tertiary/aromatic N) is 1. The summed E-state index contributed by atoms with van der Waals surface area (Å²) >= 11 is 4.66. The molecule has 0 radical (unpaired) electrons. The number of hydrogen-bond donors (Lipinski definition) is 1. The number of carboxylic acids is 1. The van der Waals surface area contributed by atoms with Gasteiger partial charge in [-0.05, 0) is 53.4 Å². The number of fused-ring (bicyclic) bond motifs is 1. The summed E-state index contributed by atoms with van der Waals surface area (Å²) in [5, 5.41) is 10.0. The molecule has 1 unspecified atom stereocenters. The molecule has 3 rings (SSSR count). The second-order valence-corrected chi connectivity index (χ2v) is 6.68. The zero-order valence-corrected chi connectivity index (χ0v) is 12.8. The minimum absolute atomic E-state index is 0.321. The van der Waals surface area contributed by atoms with Crippen LogP contribution in [0.3, 0.4) is 0 Å². The van der Waals surface area contributed by atoms with Crippen LogP contribution >= 0.6 is 27.3 Å². The van der Waals surface area contributed by atoms with Gasteiger partial charge in [0.25, 0.3) is 0 Å². The van der Waals surface area contributed by atoms with Crippen LogP contribution in [-0.2, 0) is 11.2 Å². The Balaban J connectivity index is 2.04. The molecule has 0 spiro atoms. The third-order valence-electron chi connectivity index (χ3n) is 3.42. The third kappa shape index (κ3) is 2.38. The summed E-state index contributed by atoms with van der Waals surface area (Å²) in [7, 11) is 0. The Morgan fingerprint density at radius 2 is 2.30 bits per heavy atom. The molecule has 0 saturated carbocycles. The van der Waals surface area contributed by atoms with Crippen LogP contribution in [0.5, 0.6) is 0 Å². The minimum Gasteiger partial charge on any atom is -0.481 e. The maximum absolute atomic E-state index is 13.3. The molecule has 1 heterocycles. The minimum atomic E-state index is -0.817. The third-order valence-corrected chi connectivity index (χ3v) is 5.21. The van der Waals surface area contributed by atoms with Crippen LogP contribution < -0.4 is 0 Å². The fourth-order valence-electron chi connectivity index (χ4n) is 2.41. The quantitative estimate of drug-likeness (QED) is 0.877. The van der Waals surface area contributed by atoms with Gasteiger partial charge >= 0.3 is 5.97 Å². The number of carbonyl (C=O) groups is 1. The highest BCUT2D eigenvalue weighted by molar-refractivity contribution is 9.10. The van der Waals surface area contributed by atoms with Crippen molar-refractivity contribution < 1.29 is 14.3 Å². The van der Waals surface area contributed by atoms with Crippen molar-refractivity contribution in [3.63, 3.8) is 0 Å². The Hall–Kier alpha value is -1.27. The summed E-state index contributed by atoms with van der Waals surface area (Å²) in [6, 6.07) is 4.73. The first-order valence-electron chi connectivity index (χ1n) is 6.24. The van der Waals surface area contributed by atoms with Crippen molar-refractivity contribution in [3.05, 3.63) is 39.1 Å². The predicted molar refractivity (Wildman–Crippen MR) is 78.5 cm³/mol. The first-order valence-corrected chi connectivity index (χ1v) is 7.85. The largest absolute Gasteiger partial charge is 0.481 e. The first kappa shape index (κ1) is 13.7. The van der Waals surface area contributed by atoms with Crippen LogP contribution in [0.25, 0.3) is 10.6 Å². The van der Waals surface area contributed by atoms with Gasteiger partial charge in [0.1, 0.15) is 10.8 Å². The second-order valence-electron chi connectivity index (χ2n) is 4.74. The molecule has 0 fully saturated rings. The van der Waals surface area contributed by atoms with Crippen LogP contribution in [-0.4, -0.2) is 16.1 Å². The van der Waals surface area contributed by atoms with E-state index in [-0.39, 0.29) is 5.82 Å². The Kier molecular flexibility index (Phi) is 3.60. The molecule has 0 amide bonds. The van der Waals surface area contributed by atoms with E-state index in [0.29, 0.717) is 16.6 Å². The number of aromatic nitrogens is 1. The van der Waals surface area contributed by atoms with Crippen molar-refractivity contribution in [2.75, 3.05) is 0 Å². The predicted octanol–water partition coefficient (Wildman–Crippen LogP) is 4.22. The van der Waals surface area contributed by atoms with E-state index in [1.807, 2.05) is 0 Å². The SMILES string of the molecule is O=C(O)C1CCCc2sc(-c3ccc(F)c(Br)c3)nc21. The maximum atomic E-state index is 13.3. The molecular weight excluding hydrogens is 345 g/mol. The zero-order chi connectivity index (χ0) is 14.3. The molecule has 104 valence electrons. The van der Waals surface area contributed by atoms with Crippen molar-refractivity contribution in [1.29, 1.82) is 0 Å². The normalized spacial score (nSPS) is 17.8. The molecule has 1 aliphatic rings. The van der Waals surface area contributed by atoms with Gasteiger partial charge in [-0.25, -0.2) is 9.37 Å². The van der Waals surface area contributed by atoms with Gasteiger partial charge in [0.2, 0.25) is 0 Å². The number of carboxylic acid groups (broad SMARTS) is 1. The number of hydrogen-bond acceptors (Lipinski definition) is 3. The Morgan fingerprint density at radius 1 is 1.50 bits per heavy atom. The lowest BCUT2D eigenvalue weighted by molar-refractivity contribution is -0.139. The highest BCUT2D eigenvalue weighted by Gasteiger charge is 2.30. The summed E-state index contributed by atoms with van der Waals surface area (Å²) in [5.74, 6) is -1.64. The van der Waals surface area contributed by atoms with Crippen molar-refractivity contribution in [2.45, 2.75) is 25.2 Å². The van der Waals surface area contributed by atoms with E-state index in [0.717, 1.165) is 28.3 Å². The molecule has 0 aliphatic heterocycles. The highest BCUT2D eigenvalue weighted by atomic mass is 79.9. The Bertz CT molecular complexity index is 686. The fraction of sp³-hybridized carbons (Fsp3) is 0.286. The van der Waals surface area contributed by atoms with Gasteiger partial charge in [0.15, 0.2) is 0 Å². The van der Waals surface area contributed by atoms with Gasteiger partial charge in [-0.1, -0.05) is 0 Å². The van der Waals surface area contributed by atoms with Crippen molar-refractivity contribution in [2.24, 2.45) is 0 Å². The number of aryl methyl sites for hydroxylation is 1. The lowest BCUT2D eigenvalue weighted by Gasteiger charge is -2.16. The van der Waals surface area contributed by atoms with E-state index in [1.54, 1.807) is 12.1 Å². The Labute approximate surface area is 127 Å². The van der Waals surface area contributed by atoms with Crippen LogP contribution in [0, 0.1) is 5.82 Å². The van der Waals surface area contributed by atoms with Crippen LogP contribution in [0.1, 0.15) is 29.3 Å². The fourth-order valence-corrected chi connectivity index (χ4v) is 3.95. The summed E-state index contributed by atoms with van der Waals surface area (Å²) in [6.07, 6.45) is 2.39. The van der Waals surface area contributed by atoms with Crippen LogP contribution in [0.4, 0.5) is 4.39 Å². The molecule has 3 nitrogen and oxygen atoms in total. The smallest absolute Gasteiger partial charge is 0.312 e. The summed E-state index contributed by atoms with van der Waals surface area (Å²) in [5.41, 5.74) is 1.49. The van der Waals surface area contributed by atoms with E-state index in [2.05, 4.69) is 20.9 Å². The van der Waals surface area contributed by atoms with Crippen LogP contribution in [0.15, 0.2) is 22.7 Å². The molecule has 0 bridgehead atoms. The molecule has 2 aromatic rings. The molecule has 1 N–H and O–H groups in total. The number of rotatable bonds is 2. The van der Waals surface area contributed by atoms with Gasteiger partial charge in [-0.15, -0.1) is 11.3 Å². The van der Waals surface area contributed by atoms with Crippen LogP contribution in [0.2, 0.25) is 0 Å². The second kappa shape index (κ2) is 5.26. The molecule has 1 aromatic carbocycles. The van der Waals surface area contributed by atoms with Gasteiger partial charge in [-0.2, -0.15) is 0 Å². The summed E-state index contributed by atoms with van der Waals surface area (Å²) < 4.78 is 13.7. The van der Waals surface area contributed by atoms with E-state index in [4.69, 9.17) is 0 Å². The molecule has 0 saturated heterocycles. The monoisotopic (exact) mass is 355 g/mol. The van der Waals surface area contributed by atoms with Gasteiger partial charge in [0.05, 0.1) is 16.1 Å². The number of thiazole rings is 1. The average Bonchev–Trinajstić information content (AvgIpc) is 2.85. The number of halogens is 2. The van der Waals surface area contributed by atoms with Crippen molar-refractivity contribution >= 4 is 33.2 Å². The molecule has 6 heteroatoms. The molecule has 1 aliphatic carbocycles. The first-order chi connectivity index (χ1) is 9.56. The van der Waals surface area contributed by atoms with Gasteiger partial charge < -0.3 is 5.11 Å². The molecule has 1 aromatic heterocycles. The molecular formula is C14H11BrFNO2S. The van der Waals surface area contributed by atoms with Gasteiger partial charge in [-0.3, -0.25) is 4.79 Å². The summed E-state index contributed by atoms with van der Waals surface area (Å²) in [6.45, 7) is 0. The average molecular weight is 356 g/mol. The maximum Gasteiger partial charge on any atom is 0.312 e. The van der Waals surface area contributed by atoms with E-state index in [9.17, 15) is 14.3 Å². The molecule has 1 atom stereocenters. The lowest BCUT2D eigenvalue weighted by atomic mass is 9.91. The standard InChI is InChI=1S/C14H11BrFNO2S/c15-9-6-7(4-5-10(9)16)13-17-12-8(14(18)19)2-1-3-11(12)20-13/h4-6,8H,1-3H2,(H,18,19). The van der Waals surface area contributed by atoms with E-state index in [1.165, 1.54) is 17.4 Å². The van der Waals surface area contributed by atoms with E-state index >= 15 is 0 Å². The summed E-state index contributed by atoms with van der Waals surface area (Å²) in [4.78, 5) is 16.8. The Morgan fingerprint density at radius 3 is 3.00 bits per heavy atom. The number of benzene rings is 1. The lowest BCUT2D eigenvalue weighted by Crippen LogP contribution is -2.17. The topological polar surface area (TPSA) is 50.2 Å². The highest BCUT2D eigenvalue weighted by Crippen LogP contribution is 2.38. The zero-order valence-electron chi connectivity index (χ0n) is 10.4. The van der Waals surface area contributed by atoms with Gasteiger partial charge in [0, 0.05) is 10.4 Å².